The van der Waals surface area contributed by atoms with Gasteiger partial charge in [0.05, 0.1) is 44.9 Å². The van der Waals surface area contributed by atoms with Gasteiger partial charge in [-0.2, -0.15) is 4.68 Å². The molecule has 0 bridgehead atoms. The van der Waals surface area contributed by atoms with Crippen LogP contribution in [-0.2, 0) is 10.0 Å². The lowest BCUT2D eigenvalue weighted by atomic mass is 10.0. The minimum absolute atomic E-state index is 0.000360. The Bertz CT molecular complexity index is 2100. The van der Waals surface area contributed by atoms with Gasteiger partial charge in [0.25, 0.3) is 15.6 Å². The van der Waals surface area contributed by atoms with Crippen LogP contribution < -0.4 is 15.0 Å². The summed E-state index contributed by atoms with van der Waals surface area (Å²) in [5.41, 5.74) is 3.01. The van der Waals surface area contributed by atoms with Gasteiger partial charge in [-0.1, -0.05) is 35.1 Å². The number of rotatable bonds is 8. The average molecular weight is 632 g/mol. The number of hydrogen-bond donors (Lipinski definition) is 2. The van der Waals surface area contributed by atoms with Gasteiger partial charge in [0, 0.05) is 5.56 Å². The van der Waals surface area contributed by atoms with E-state index in [1.54, 1.807) is 26.2 Å². The molecule has 6 rings (SSSR count). The SMILES string of the molecule is COc1ccc(-c2[nH]n(-c3nc4ccccc4s3)c(=O)c2C(C)=Nc2ccc(S(=O)(=O)Nc3ccc(Cl)nn3)cc2)cc1. The van der Waals surface area contributed by atoms with Gasteiger partial charge in [0.15, 0.2) is 11.0 Å². The van der Waals surface area contributed by atoms with Gasteiger partial charge < -0.3 is 4.74 Å². The largest absolute Gasteiger partial charge is 0.497 e. The zero-order valence-corrected chi connectivity index (χ0v) is 25.0. The van der Waals surface area contributed by atoms with E-state index in [0.29, 0.717) is 33.5 Å². The first-order valence-electron chi connectivity index (χ1n) is 12.7. The average Bonchev–Trinajstić information content (AvgIpc) is 3.59. The van der Waals surface area contributed by atoms with Crippen LogP contribution in [0.15, 0.2) is 99.6 Å². The van der Waals surface area contributed by atoms with E-state index in [-0.39, 0.29) is 21.4 Å². The number of ether oxygens (including phenoxy) is 1. The van der Waals surface area contributed by atoms with Crippen LogP contribution in [0.5, 0.6) is 5.75 Å². The number of thiazole rings is 1. The number of H-pyrrole nitrogens is 1. The van der Waals surface area contributed by atoms with Crippen molar-refractivity contribution in [3.05, 3.63) is 106 Å². The number of para-hydroxylation sites is 1. The topological polar surface area (TPSA) is 144 Å². The highest BCUT2D eigenvalue weighted by Gasteiger charge is 2.22. The summed E-state index contributed by atoms with van der Waals surface area (Å²) in [5, 5.41) is 11.2. The van der Waals surface area contributed by atoms with Crippen molar-refractivity contribution in [3.63, 3.8) is 0 Å². The maximum absolute atomic E-state index is 13.9. The molecule has 0 aliphatic rings. The summed E-state index contributed by atoms with van der Waals surface area (Å²) < 4.78 is 35.7. The first-order chi connectivity index (χ1) is 20.7. The van der Waals surface area contributed by atoms with Crippen LogP contribution in [0.3, 0.4) is 0 Å². The lowest BCUT2D eigenvalue weighted by Crippen LogP contribution is -2.19. The van der Waals surface area contributed by atoms with E-state index in [2.05, 4.69) is 30.0 Å². The minimum Gasteiger partial charge on any atom is -0.497 e. The van der Waals surface area contributed by atoms with Crippen molar-refractivity contribution in [2.75, 3.05) is 11.8 Å². The molecule has 43 heavy (non-hydrogen) atoms. The summed E-state index contributed by atoms with van der Waals surface area (Å²) in [7, 11) is -2.35. The van der Waals surface area contributed by atoms with Crippen LogP contribution >= 0.6 is 22.9 Å². The number of fused-ring (bicyclic) bond motifs is 1. The smallest absolute Gasteiger partial charge is 0.283 e. The zero-order valence-electron chi connectivity index (χ0n) is 22.6. The summed E-state index contributed by atoms with van der Waals surface area (Å²) >= 11 is 7.12. The molecule has 0 fully saturated rings. The highest BCUT2D eigenvalue weighted by molar-refractivity contribution is 7.92. The maximum atomic E-state index is 13.9. The highest BCUT2D eigenvalue weighted by Crippen LogP contribution is 2.28. The Morgan fingerprint density at radius 1 is 1.00 bits per heavy atom. The fourth-order valence-electron chi connectivity index (χ4n) is 4.35. The zero-order chi connectivity index (χ0) is 30.1. The molecule has 2 N–H and O–H groups in total. The fourth-order valence-corrected chi connectivity index (χ4v) is 6.37. The number of aromatic nitrogens is 5. The molecule has 0 unspecified atom stereocenters. The normalized spacial score (nSPS) is 12.0. The molecule has 6 aromatic rings. The van der Waals surface area contributed by atoms with E-state index in [0.717, 1.165) is 15.8 Å². The van der Waals surface area contributed by atoms with Crippen LogP contribution in [0.1, 0.15) is 12.5 Å². The predicted octanol–water partition coefficient (Wildman–Crippen LogP) is 5.84. The van der Waals surface area contributed by atoms with Crippen LogP contribution in [0.4, 0.5) is 11.5 Å². The van der Waals surface area contributed by atoms with Crippen LogP contribution in [0, 0.1) is 0 Å². The Balaban J connectivity index is 1.37. The third-order valence-electron chi connectivity index (χ3n) is 6.42. The Morgan fingerprint density at radius 2 is 1.74 bits per heavy atom. The lowest BCUT2D eigenvalue weighted by molar-refractivity contribution is 0.415. The molecule has 0 atom stereocenters. The number of halogens is 1. The second-order valence-electron chi connectivity index (χ2n) is 9.23. The van der Waals surface area contributed by atoms with Crippen molar-refractivity contribution >= 4 is 60.4 Å². The van der Waals surface area contributed by atoms with Crippen LogP contribution in [-0.4, -0.2) is 46.2 Å². The first-order valence-corrected chi connectivity index (χ1v) is 15.4. The Morgan fingerprint density at radius 3 is 2.42 bits per heavy atom. The van der Waals surface area contributed by atoms with Crippen molar-refractivity contribution in [3.8, 4) is 22.1 Å². The first kappa shape index (κ1) is 28.3. The maximum Gasteiger partial charge on any atom is 0.283 e. The van der Waals surface area contributed by atoms with Crippen molar-refractivity contribution in [2.45, 2.75) is 11.8 Å². The number of nitrogens with zero attached hydrogens (tertiary/aromatic N) is 5. The Hall–Kier alpha value is -4.85. The third kappa shape index (κ3) is 5.78. The summed E-state index contributed by atoms with van der Waals surface area (Å²) in [4.78, 5) is 23.2. The molecular formula is C29H22ClN7O4S2. The van der Waals surface area contributed by atoms with E-state index in [1.165, 1.54) is 40.3 Å². The van der Waals surface area contributed by atoms with E-state index in [9.17, 15) is 13.2 Å². The highest BCUT2D eigenvalue weighted by atomic mass is 35.5. The number of anilines is 1. The van der Waals surface area contributed by atoms with Gasteiger partial charge >= 0.3 is 0 Å². The van der Waals surface area contributed by atoms with Crippen LogP contribution in [0.25, 0.3) is 26.6 Å². The third-order valence-corrected chi connectivity index (χ3v) is 9.01. The quantitative estimate of drug-likeness (QED) is 0.201. The summed E-state index contributed by atoms with van der Waals surface area (Å²) in [6.07, 6.45) is 0. The molecule has 0 amide bonds. The molecule has 0 saturated heterocycles. The second-order valence-corrected chi connectivity index (χ2v) is 12.3. The summed E-state index contributed by atoms with van der Waals surface area (Å²) in [6.45, 7) is 1.73. The van der Waals surface area contributed by atoms with Gasteiger partial charge in [0.2, 0.25) is 5.13 Å². The second kappa shape index (κ2) is 11.4. The van der Waals surface area contributed by atoms with E-state index in [1.807, 2.05) is 48.5 Å². The number of aromatic amines is 1. The van der Waals surface area contributed by atoms with Gasteiger partial charge in [0.1, 0.15) is 5.75 Å². The lowest BCUT2D eigenvalue weighted by Gasteiger charge is -2.07. The molecule has 0 spiro atoms. The van der Waals surface area contributed by atoms with Gasteiger partial charge in [-0.25, -0.2) is 13.4 Å². The number of hydrogen-bond acceptors (Lipinski definition) is 9. The molecule has 216 valence electrons. The van der Waals surface area contributed by atoms with Crippen molar-refractivity contribution in [2.24, 2.45) is 4.99 Å². The fraction of sp³-hybridized carbons (Fsp3) is 0.0690. The molecule has 0 radical (unpaired) electrons. The predicted molar refractivity (Wildman–Crippen MR) is 168 cm³/mol. The van der Waals surface area contributed by atoms with E-state index >= 15 is 0 Å². The molecule has 3 aromatic heterocycles. The Labute approximate surface area is 254 Å². The molecule has 0 saturated carbocycles. The van der Waals surface area contributed by atoms with Crippen molar-refractivity contribution in [1.29, 1.82) is 0 Å². The van der Waals surface area contributed by atoms with Gasteiger partial charge in [-0.05, 0) is 79.7 Å². The molecular weight excluding hydrogens is 610 g/mol. The van der Waals surface area contributed by atoms with Crippen molar-refractivity contribution in [1.82, 2.24) is 25.0 Å². The molecule has 0 aliphatic heterocycles. The number of nitrogens with one attached hydrogen (secondary N) is 2. The monoisotopic (exact) mass is 631 g/mol. The molecule has 3 heterocycles. The number of benzene rings is 3. The standard InChI is InChI=1S/C29H22ClN7O4S2/c1-17(31-19-9-13-21(14-10-19)43(39,40)36-25-16-15-24(30)33-34-25)26-27(18-7-11-20(41-2)12-8-18)35-37(28(26)38)29-32-22-5-3-4-6-23(22)42-29/h3-16,35H,1-2H3,(H,34,36). The van der Waals surface area contributed by atoms with Crippen molar-refractivity contribution < 1.29 is 13.2 Å². The molecule has 11 nitrogen and oxygen atoms in total. The van der Waals surface area contributed by atoms with Gasteiger partial charge in [-0.3, -0.25) is 19.6 Å². The Kier molecular flexibility index (Phi) is 7.52. The number of aliphatic imine (C=N–C) groups is 1. The summed E-state index contributed by atoms with van der Waals surface area (Å²) in [6, 6.07) is 23.7. The van der Waals surface area contributed by atoms with E-state index in [4.69, 9.17) is 16.3 Å². The van der Waals surface area contributed by atoms with Crippen LogP contribution in [0.2, 0.25) is 5.15 Å². The van der Waals surface area contributed by atoms with E-state index < -0.39 is 10.0 Å². The minimum atomic E-state index is -3.94. The molecule has 0 aliphatic carbocycles. The number of methoxy groups -OCH3 is 1. The molecule has 3 aromatic carbocycles. The van der Waals surface area contributed by atoms with Gasteiger partial charge in [-0.15, -0.1) is 10.2 Å². The molecule has 14 heteroatoms. The number of sulfonamides is 1. The summed E-state index contributed by atoms with van der Waals surface area (Å²) in [5.74, 6) is 0.710.